The average molecular weight is 378 g/mol. The first kappa shape index (κ1) is 17.3. The van der Waals surface area contributed by atoms with Gasteiger partial charge in [-0.2, -0.15) is 4.31 Å². The Balaban J connectivity index is 1.64. The summed E-state index contributed by atoms with van der Waals surface area (Å²) in [7, 11) is -1.84. The fraction of sp³-hybridized carbons (Fsp3) is 0.333. The lowest BCUT2D eigenvalue weighted by atomic mass is 10.0. The summed E-state index contributed by atoms with van der Waals surface area (Å²) in [6, 6.07) is 10.7. The molecule has 138 valence electrons. The molecule has 1 saturated heterocycles. The number of nitrogens with zero attached hydrogens (tertiary/aromatic N) is 2. The Hall–Kier alpha value is -2.16. The summed E-state index contributed by atoms with van der Waals surface area (Å²) in [6.07, 6.45) is 0. The van der Waals surface area contributed by atoms with Gasteiger partial charge < -0.3 is 9.47 Å². The number of sulfonamides is 1. The summed E-state index contributed by atoms with van der Waals surface area (Å²) < 4.78 is 52.3. The van der Waals surface area contributed by atoms with Gasteiger partial charge in [-0.3, -0.25) is 4.90 Å². The molecule has 0 spiro atoms. The minimum atomic E-state index is -3.71. The third kappa shape index (κ3) is 2.94. The molecular weight excluding hydrogens is 359 g/mol. The van der Waals surface area contributed by atoms with Gasteiger partial charge in [0.2, 0.25) is 16.8 Å². The molecule has 0 radical (unpaired) electrons. The molecule has 4 rings (SSSR count). The van der Waals surface area contributed by atoms with Crippen LogP contribution in [0.15, 0.2) is 47.4 Å². The maximum atomic E-state index is 14.2. The second-order valence-electron chi connectivity index (χ2n) is 6.40. The van der Waals surface area contributed by atoms with Crippen LogP contribution in [0.3, 0.4) is 0 Å². The molecule has 0 N–H and O–H groups in total. The summed E-state index contributed by atoms with van der Waals surface area (Å²) in [5, 5.41) is 0. The third-order valence-electron chi connectivity index (χ3n) is 4.86. The molecule has 2 aliphatic rings. The molecule has 0 saturated carbocycles. The Labute approximate surface area is 151 Å². The van der Waals surface area contributed by atoms with Gasteiger partial charge >= 0.3 is 0 Å². The first-order valence-electron chi connectivity index (χ1n) is 8.31. The van der Waals surface area contributed by atoms with Gasteiger partial charge in [0.25, 0.3) is 0 Å². The van der Waals surface area contributed by atoms with Crippen molar-refractivity contribution in [2.24, 2.45) is 0 Å². The van der Waals surface area contributed by atoms with Crippen LogP contribution in [0.5, 0.6) is 11.5 Å². The molecule has 8 heteroatoms. The molecule has 2 aromatic carbocycles. The number of hydrogen-bond donors (Lipinski definition) is 0. The summed E-state index contributed by atoms with van der Waals surface area (Å²) in [4.78, 5) is 2.13. The Kier molecular flexibility index (Phi) is 4.34. The highest BCUT2D eigenvalue weighted by Gasteiger charge is 2.35. The average Bonchev–Trinajstić information content (AvgIpc) is 3.10. The van der Waals surface area contributed by atoms with E-state index in [0.29, 0.717) is 30.2 Å². The maximum absolute atomic E-state index is 14.2. The highest BCUT2D eigenvalue weighted by atomic mass is 32.2. The molecule has 6 nitrogen and oxygen atoms in total. The van der Waals surface area contributed by atoms with Crippen molar-refractivity contribution in [3.05, 3.63) is 53.8 Å². The lowest BCUT2D eigenvalue weighted by molar-refractivity contribution is 0.145. The van der Waals surface area contributed by atoms with E-state index >= 15 is 0 Å². The number of rotatable bonds is 3. The number of hydrogen-bond acceptors (Lipinski definition) is 5. The third-order valence-corrected chi connectivity index (χ3v) is 6.72. The standard InChI is InChI=1S/C18H19FN2O4S/c1-20-8-9-21(11-16(20)14-4-2-3-5-15(14)19)26(22,23)13-6-7-17-18(10-13)25-12-24-17/h2-7,10,16H,8-9,11-12H2,1H3. The summed E-state index contributed by atoms with van der Waals surface area (Å²) in [6.45, 7) is 1.14. The van der Waals surface area contributed by atoms with Crippen molar-refractivity contribution in [3.8, 4) is 11.5 Å². The molecule has 0 aromatic heterocycles. The highest BCUT2D eigenvalue weighted by molar-refractivity contribution is 7.89. The van der Waals surface area contributed by atoms with Gasteiger partial charge in [0, 0.05) is 31.3 Å². The monoisotopic (exact) mass is 378 g/mol. The number of benzene rings is 2. The Morgan fingerprint density at radius 1 is 1.08 bits per heavy atom. The van der Waals surface area contributed by atoms with Gasteiger partial charge in [0.1, 0.15) is 5.82 Å². The number of halogens is 1. The van der Waals surface area contributed by atoms with Crippen LogP contribution >= 0.6 is 0 Å². The number of fused-ring (bicyclic) bond motifs is 1. The molecule has 0 amide bonds. The predicted molar refractivity (Wildman–Crippen MR) is 93.1 cm³/mol. The fourth-order valence-corrected chi connectivity index (χ4v) is 4.79. The van der Waals surface area contributed by atoms with E-state index in [-0.39, 0.29) is 30.1 Å². The van der Waals surface area contributed by atoms with Crippen LogP contribution in [0.25, 0.3) is 0 Å². The van der Waals surface area contributed by atoms with E-state index in [2.05, 4.69) is 0 Å². The van der Waals surface area contributed by atoms with E-state index < -0.39 is 10.0 Å². The fourth-order valence-electron chi connectivity index (χ4n) is 3.33. The van der Waals surface area contributed by atoms with Gasteiger partial charge in [-0.1, -0.05) is 18.2 Å². The minimum Gasteiger partial charge on any atom is -0.454 e. The van der Waals surface area contributed by atoms with Gasteiger partial charge in [0.15, 0.2) is 11.5 Å². The molecule has 0 bridgehead atoms. The topological polar surface area (TPSA) is 59.1 Å². The highest BCUT2D eigenvalue weighted by Crippen LogP contribution is 2.36. The first-order valence-corrected chi connectivity index (χ1v) is 9.75. The molecule has 1 fully saturated rings. The van der Waals surface area contributed by atoms with Crippen molar-refractivity contribution in [1.29, 1.82) is 0 Å². The van der Waals surface area contributed by atoms with Crippen LogP contribution in [-0.2, 0) is 10.0 Å². The van der Waals surface area contributed by atoms with Crippen LogP contribution in [0.2, 0.25) is 0 Å². The molecule has 26 heavy (non-hydrogen) atoms. The van der Waals surface area contributed by atoms with Crippen molar-refractivity contribution in [3.63, 3.8) is 0 Å². The van der Waals surface area contributed by atoms with Crippen molar-refractivity contribution >= 4 is 10.0 Å². The van der Waals surface area contributed by atoms with Gasteiger partial charge in [0.05, 0.1) is 10.9 Å². The second kappa shape index (κ2) is 6.53. The SMILES string of the molecule is CN1CCN(S(=O)(=O)c2ccc3c(c2)OCO3)CC1c1ccccc1F. The number of piperazine rings is 1. The lowest BCUT2D eigenvalue weighted by Crippen LogP contribution is -2.49. The van der Waals surface area contributed by atoms with Gasteiger partial charge in [-0.05, 0) is 25.2 Å². The predicted octanol–water partition coefficient (Wildman–Crippen LogP) is 2.23. The van der Waals surface area contributed by atoms with Gasteiger partial charge in [-0.25, -0.2) is 12.8 Å². The van der Waals surface area contributed by atoms with E-state index in [1.54, 1.807) is 24.3 Å². The van der Waals surface area contributed by atoms with Gasteiger partial charge in [-0.15, -0.1) is 0 Å². The Bertz CT molecular complexity index is 935. The molecule has 2 aliphatic heterocycles. The molecule has 2 heterocycles. The second-order valence-corrected chi connectivity index (χ2v) is 8.33. The minimum absolute atomic E-state index is 0.0860. The molecule has 1 unspecified atom stereocenters. The van der Waals surface area contributed by atoms with Crippen molar-refractivity contribution in [2.45, 2.75) is 10.9 Å². The van der Waals surface area contributed by atoms with Crippen LogP contribution in [-0.4, -0.2) is 51.1 Å². The smallest absolute Gasteiger partial charge is 0.243 e. The summed E-state index contributed by atoms with van der Waals surface area (Å²) in [5.74, 6) is 0.629. The number of likely N-dealkylation sites (N-methyl/N-ethyl adjacent to an activating group) is 1. The number of ether oxygens (including phenoxy) is 2. The zero-order valence-corrected chi connectivity index (χ0v) is 15.1. The quantitative estimate of drug-likeness (QED) is 0.820. The van der Waals surface area contributed by atoms with E-state index in [1.807, 2.05) is 11.9 Å². The normalized spacial score (nSPS) is 21.1. The largest absolute Gasteiger partial charge is 0.454 e. The van der Waals surface area contributed by atoms with E-state index in [9.17, 15) is 12.8 Å². The maximum Gasteiger partial charge on any atom is 0.243 e. The summed E-state index contributed by atoms with van der Waals surface area (Å²) in [5.41, 5.74) is 0.501. The molecular formula is C18H19FN2O4S. The zero-order chi connectivity index (χ0) is 18.3. The molecule has 0 aliphatic carbocycles. The Morgan fingerprint density at radius 3 is 2.65 bits per heavy atom. The van der Waals surface area contributed by atoms with Crippen LogP contribution in [0.4, 0.5) is 4.39 Å². The first-order chi connectivity index (χ1) is 12.5. The van der Waals surface area contributed by atoms with Crippen molar-refractivity contribution < 1.29 is 22.3 Å². The van der Waals surface area contributed by atoms with Crippen LogP contribution < -0.4 is 9.47 Å². The van der Waals surface area contributed by atoms with E-state index in [0.717, 1.165) is 0 Å². The Morgan fingerprint density at radius 2 is 1.85 bits per heavy atom. The van der Waals surface area contributed by atoms with Crippen LogP contribution in [0.1, 0.15) is 11.6 Å². The van der Waals surface area contributed by atoms with E-state index in [4.69, 9.17) is 9.47 Å². The zero-order valence-electron chi connectivity index (χ0n) is 14.3. The van der Waals surface area contributed by atoms with Crippen molar-refractivity contribution in [1.82, 2.24) is 9.21 Å². The lowest BCUT2D eigenvalue weighted by Gasteiger charge is -2.39. The molecule has 1 atom stereocenters. The van der Waals surface area contributed by atoms with Crippen LogP contribution in [0, 0.1) is 5.82 Å². The molecule has 2 aromatic rings. The van der Waals surface area contributed by atoms with Crippen molar-refractivity contribution in [2.75, 3.05) is 33.5 Å². The van der Waals surface area contributed by atoms with E-state index in [1.165, 1.54) is 22.5 Å². The summed E-state index contributed by atoms with van der Waals surface area (Å²) >= 11 is 0.